The van der Waals surface area contributed by atoms with E-state index in [4.69, 9.17) is 17.0 Å². The van der Waals surface area contributed by atoms with Crippen LogP contribution in [0.5, 0.6) is 0 Å². The van der Waals surface area contributed by atoms with Crippen molar-refractivity contribution in [3.05, 3.63) is 29.3 Å². The minimum absolute atomic E-state index is 0.0688. The maximum absolute atomic E-state index is 11.9. The van der Waals surface area contributed by atoms with Crippen LogP contribution in [0.2, 0.25) is 0 Å². The summed E-state index contributed by atoms with van der Waals surface area (Å²) in [6, 6.07) is 6.06. The molecule has 0 saturated carbocycles. The van der Waals surface area contributed by atoms with Gasteiger partial charge in [-0.1, -0.05) is 6.07 Å². The Morgan fingerprint density at radius 3 is 2.72 bits per heavy atom. The third-order valence-electron chi connectivity index (χ3n) is 5.09. The van der Waals surface area contributed by atoms with Crippen molar-refractivity contribution in [3.63, 3.8) is 0 Å². The minimum Gasteiger partial charge on any atom is -0.376 e. The predicted octanol–water partition coefficient (Wildman–Crippen LogP) is 2.67. The molecular weight excluding hydrogens is 356 g/mol. The van der Waals surface area contributed by atoms with Crippen LogP contribution in [0.4, 0.5) is 5.69 Å². The number of hydrogen-bond acceptors (Lipinski definition) is 4. The van der Waals surface area contributed by atoms with Gasteiger partial charge in [-0.2, -0.15) is 0 Å². The molecule has 1 aromatic rings. The van der Waals surface area contributed by atoms with Crippen LogP contribution < -0.4 is 5.32 Å². The summed E-state index contributed by atoms with van der Waals surface area (Å²) >= 11 is 5.64. The van der Waals surface area contributed by atoms with Crippen LogP contribution in [-0.4, -0.2) is 55.2 Å². The summed E-state index contributed by atoms with van der Waals surface area (Å²) in [5.74, 6) is 0.417. The van der Waals surface area contributed by atoms with Gasteiger partial charge in [-0.15, -0.1) is 0 Å². The van der Waals surface area contributed by atoms with E-state index in [9.17, 15) is 8.42 Å². The fourth-order valence-corrected chi connectivity index (χ4v) is 5.51. The Morgan fingerprint density at radius 1 is 1.32 bits per heavy atom. The Hall–Kier alpha value is -1.18. The van der Waals surface area contributed by atoms with Gasteiger partial charge in [0.25, 0.3) is 0 Å². The third-order valence-corrected chi connectivity index (χ3v) is 7.18. The molecule has 2 aliphatic heterocycles. The molecule has 2 aliphatic rings. The van der Waals surface area contributed by atoms with Crippen LogP contribution >= 0.6 is 12.2 Å². The van der Waals surface area contributed by atoms with E-state index < -0.39 is 9.84 Å². The number of nitrogens with zero attached hydrogens (tertiary/aromatic N) is 1. The van der Waals surface area contributed by atoms with Crippen molar-refractivity contribution in [2.45, 2.75) is 45.3 Å². The molecule has 1 aromatic carbocycles. The Labute approximate surface area is 155 Å². The molecule has 0 amide bonds. The molecule has 7 heteroatoms. The lowest BCUT2D eigenvalue weighted by Crippen LogP contribution is -2.47. The number of ether oxygens (including phenoxy) is 1. The first-order valence-electron chi connectivity index (χ1n) is 8.81. The molecule has 0 bridgehead atoms. The first-order valence-corrected chi connectivity index (χ1v) is 11.0. The molecule has 25 heavy (non-hydrogen) atoms. The summed E-state index contributed by atoms with van der Waals surface area (Å²) in [5.41, 5.74) is 3.36. The Bertz CT molecular complexity index is 743. The second kappa shape index (κ2) is 7.60. The van der Waals surface area contributed by atoms with Gasteiger partial charge in [0.15, 0.2) is 14.9 Å². The average molecular weight is 383 g/mol. The number of nitrogens with one attached hydrogen (secondary N) is 1. The number of sulfone groups is 1. The molecule has 0 aromatic heterocycles. The van der Waals surface area contributed by atoms with Gasteiger partial charge >= 0.3 is 0 Å². The monoisotopic (exact) mass is 382 g/mol. The van der Waals surface area contributed by atoms with Gasteiger partial charge in [0.05, 0.1) is 17.6 Å². The van der Waals surface area contributed by atoms with E-state index in [1.165, 1.54) is 11.1 Å². The van der Waals surface area contributed by atoms with E-state index in [1.54, 1.807) is 0 Å². The molecule has 0 aliphatic carbocycles. The fourth-order valence-electron chi connectivity index (χ4n) is 3.44. The Balaban J connectivity index is 1.74. The average Bonchev–Trinajstić information content (AvgIpc) is 3.17. The van der Waals surface area contributed by atoms with E-state index in [0.29, 0.717) is 18.1 Å². The van der Waals surface area contributed by atoms with Crippen LogP contribution in [0.25, 0.3) is 0 Å². The van der Waals surface area contributed by atoms with Gasteiger partial charge in [-0.25, -0.2) is 8.42 Å². The lowest BCUT2D eigenvalue weighted by Gasteiger charge is -2.33. The number of aryl methyl sites for hydroxylation is 2. The quantitative estimate of drug-likeness (QED) is 0.808. The molecule has 3 rings (SSSR count). The topological polar surface area (TPSA) is 58.6 Å². The van der Waals surface area contributed by atoms with E-state index in [-0.39, 0.29) is 23.7 Å². The van der Waals surface area contributed by atoms with Crippen LogP contribution in [0.1, 0.15) is 30.4 Å². The van der Waals surface area contributed by atoms with E-state index >= 15 is 0 Å². The highest BCUT2D eigenvalue weighted by atomic mass is 32.2. The van der Waals surface area contributed by atoms with Gasteiger partial charge in [0.2, 0.25) is 0 Å². The summed E-state index contributed by atoms with van der Waals surface area (Å²) in [4.78, 5) is 2.03. The number of anilines is 1. The molecule has 2 atom stereocenters. The zero-order chi connectivity index (χ0) is 18.0. The molecule has 5 nitrogen and oxygen atoms in total. The van der Waals surface area contributed by atoms with Crippen LogP contribution in [0, 0.1) is 13.8 Å². The zero-order valence-corrected chi connectivity index (χ0v) is 16.5. The van der Waals surface area contributed by atoms with E-state index in [1.807, 2.05) is 11.0 Å². The smallest absolute Gasteiger partial charge is 0.173 e. The van der Waals surface area contributed by atoms with Gasteiger partial charge in [-0.3, -0.25) is 0 Å². The maximum Gasteiger partial charge on any atom is 0.173 e. The largest absolute Gasteiger partial charge is 0.376 e. The van der Waals surface area contributed by atoms with Crippen LogP contribution in [-0.2, 0) is 14.6 Å². The normalized spacial score (nSPS) is 25.0. The van der Waals surface area contributed by atoms with Gasteiger partial charge in [0.1, 0.15) is 0 Å². The molecule has 0 unspecified atom stereocenters. The highest BCUT2D eigenvalue weighted by molar-refractivity contribution is 7.91. The van der Waals surface area contributed by atoms with E-state index in [0.717, 1.165) is 25.1 Å². The molecule has 2 fully saturated rings. The summed E-state index contributed by atoms with van der Waals surface area (Å²) < 4.78 is 29.6. The highest BCUT2D eigenvalue weighted by Gasteiger charge is 2.35. The summed E-state index contributed by atoms with van der Waals surface area (Å²) in [6.07, 6.45) is 2.81. The van der Waals surface area contributed by atoms with Crippen molar-refractivity contribution < 1.29 is 13.2 Å². The Morgan fingerprint density at radius 2 is 2.12 bits per heavy atom. The third kappa shape index (κ3) is 4.71. The number of rotatable bonds is 4. The van der Waals surface area contributed by atoms with E-state index in [2.05, 4.69) is 31.3 Å². The summed E-state index contributed by atoms with van der Waals surface area (Å²) in [5, 5.41) is 3.88. The van der Waals surface area contributed by atoms with Crippen molar-refractivity contribution in [1.82, 2.24) is 4.90 Å². The fraction of sp³-hybridized carbons (Fsp3) is 0.611. The number of benzene rings is 1. The minimum atomic E-state index is -2.96. The highest BCUT2D eigenvalue weighted by Crippen LogP contribution is 2.23. The lowest BCUT2D eigenvalue weighted by atomic mass is 10.1. The van der Waals surface area contributed by atoms with Crippen molar-refractivity contribution in [2.75, 3.05) is 30.0 Å². The zero-order valence-electron chi connectivity index (χ0n) is 14.8. The molecule has 2 saturated heterocycles. The predicted molar refractivity (Wildman–Crippen MR) is 105 cm³/mol. The van der Waals surface area contributed by atoms with Gasteiger partial charge in [-0.05, 0) is 68.6 Å². The number of hydrogen-bond donors (Lipinski definition) is 1. The molecule has 1 N–H and O–H groups in total. The van der Waals surface area contributed by atoms with Gasteiger partial charge < -0.3 is 15.0 Å². The molecule has 138 valence electrons. The van der Waals surface area contributed by atoms with Crippen LogP contribution in [0.3, 0.4) is 0 Å². The maximum atomic E-state index is 11.9. The molecule has 0 radical (unpaired) electrons. The summed E-state index contributed by atoms with van der Waals surface area (Å²) in [7, 11) is -2.96. The van der Waals surface area contributed by atoms with Gasteiger partial charge in [0, 0.05) is 24.9 Å². The molecule has 0 spiro atoms. The Kier molecular flexibility index (Phi) is 5.65. The first kappa shape index (κ1) is 18.6. The SMILES string of the molecule is Cc1ccc(NC(=S)N(C[C@H]2CCCO2)[C@@H]2CCS(=O)(=O)C2)cc1C. The summed E-state index contributed by atoms with van der Waals surface area (Å²) in [6.45, 7) is 5.57. The molecule has 2 heterocycles. The lowest BCUT2D eigenvalue weighted by molar-refractivity contribution is 0.0851. The van der Waals surface area contributed by atoms with Crippen molar-refractivity contribution >= 4 is 32.9 Å². The van der Waals surface area contributed by atoms with Crippen molar-refractivity contribution in [2.24, 2.45) is 0 Å². The van der Waals surface area contributed by atoms with Crippen LogP contribution in [0.15, 0.2) is 18.2 Å². The van der Waals surface area contributed by atoms with Crippen molar-refractivity contribution in [3.8, 4) is 0 Å². The molecular formula is C18H26N2O3S2. The number of thiocarbonyl (C=S) groups is 1. The second-order valence-electron chi connectivity index (χ2n) is 7.07. The van der Waals surface area contributed by atoms with Crippen molar-refractivity contribution in [1.29, 1.82) is 0 Å². The first-order chi connectivity index (χ1) is 11.8. The second-order valence-corrected chi connectivity index (χ2v) is 9.69. The standard InChI is InChI=1S/C18H26N2O3S2/c1-13-5-6-15(10-14(13)2)19-18(24)20(11-17-4-3-8-23-17)16-7-9-25(21,22)12-16/h5-6,10,16-17H,3-4,7-9,11-12H2,1-2H3,(H,19,24)/t16-,17-/m1/s1.